The van der Waals surface area contributed by atoms with E-state index >= 15 is 0 Å². The molecule has 100 valence electrons. The molecule has 1 aliphatic carbocycles. The SMILES string of the molecule is Cc1cc(Br)cc(CCN)c1OC1CCCCC1. The second-order valence-corrected chi connectivity index (χ2v) is 6.04. The molecule has 0 amide bonds. The van der Waals surface area contributed by atoms with Crippen molar-refractivity contribution in [1.29, 1.82) is 0 Å². The normalized spacial score (nSPS) is 16.8. The van der Waals surface area contributed by atoms with E-state index in [1.807, 2.05) is 0 Å². The molecule has 1 aromatic carbocycles. The smallest absolute Gasteiger partial charge is 0.125 e. The summed E-state index contributed by atoms with van der Waals surface area (Å²) in [5.74, 6) is 1.07. The van der Waals surface area contributed by atoms with Crippen LogP contribution in [0.5, 0.6) is 5.75 Å². The monoisotopic (exact) mass is 311 g/mol. The summed E-state index contributed by atoms with van der Waals surface area (Å²) in [6, 6.07) is 4.26. The first-order valence-electron chi connectivity index (χ1n) is 6.86. The molecule has 1 saturated carbocycles. The molecular weight excluding hydrogens is 290 g/mol. The van der Waals surface area contributed by atoms with E-state index in [1.165, 1.54) is 43.2 Å². The predicted octanol–water partition coefficient (Wildman–Crippen LogP) is 3.97. The molecule has 1 aromatic rings. The van der Waals surface area contributed by atoms with Gasteiger partial charge < -0.3 is 10.5 Å². The topological polar surface area (TPSA) is 35.2 Å². The third-order valence-corrected chi connectivity index (χ3v) is 4.02. The Morgan fingerprint density at radius 1 is 1.28 bits per heavy atom. The Bertz CT molecular complexity index is 400. The Kier molecular flexibility index (Phi) is 5.07. The van der Waals surface area contributed by atoms with Crippen molar-refractivity contribution in [3.05, 3.63) is 27.7 Å². The third kappa shape index (κ3) is 3.48. The van der Waals surface area contributed by atoms with Crippen LogP contribution in [-0.2, 0) is 6.42 Å². The summed E-state index contributed by atoms with van der Waals surface area (Å²) in [4.78, 5) is 0. The maximum atomic E-state index is 6.25. The lowest BCUT2D eigenvalue weighted by Crippen LogP contribution is -2.21. The first kappa shape index (κ1) is 13.9. The van der Waals surface area contributed by atoms with E-state index in [-0.39, 0.29) is 0 Å². The van der Waals surface area contributed by atoms with E-state index < -0.39 is 0 Å². The largest absolute Gasteiger partial charge is 0.490 e. The highest BCUT2D eigenvalue weighted by atomic mass is 79.9. The molecule has 0 aromatic heterocycles. The molecule has 2 N–H and O–H groups in total. The fraction of sp³-hybridized carbons (Fsp3) is 0.600. The van der Waals surface area contributed by atoms with E-state index in [9.17, 15) is 0 Å². The van der Waals surface area contributed by atoms with Gasteiger partial charge in [0.1, 0.15) is 5.75 Å². The molecule has 18 heavy (non-hydrogen) atoms. The summed E-state index contributed by atoms with van der Waals surface area (Å²) >= 11 is 3.55. The zero-order valence-electron chi connectivity index (χ0n) is 11.0. The predicted molar refractivity (Wildman–Crippen MR) is 79.1 cm³/mol. The summed E-state index contributed by atoms with van der Waals surface area (Å²) in [7, 11) is 0. The Morgan fingerprint density at radius 2 is 2.00 bits per heavy atom. The van der Waals surface area contributed by atoms with Crippen LogP contribution in [0.25, 0.3) is 0 Å². The van der Waals surface area contributed by atoms with Crippen LogP contribution in [0.15, 0.2) is 16.6 Å². The van der Waals surface area contributed by atoms with E-state index in [2.05, 4.69) is 35.0 Å². The van der Waals surface area contributed by atoms with Crippen molar-refractivity contribution in [2.45, 2.75) is 51.6 Å². The van der Waals surface area contributed by atoms with Crippen molar-refractivity contribution in [1.82, 2.24) is 0 Å². The van der Waals surface area contributed by atoms with Gasteiger partial charge >= 0.3 is 0 Å². The zero-order chi connectivity index (χ0) is 13.0. The van der Waals surface area contributed by atoms with Crippen LogP contribution in [0.1, 0.15) is 43.2 Å². The molecule has 2 nitrogen and oxygen atoms in total. The lowest BCUT2D eigenvalue weighted by molar-refractivity contribution is 0.152. The van der Waals surface area contributed by atoms with E-state index in [0.29, 0.717) is 12.6 Å². The standard InChI is InChI=1S/C15H22BrNO/c1-11-9-13(16)10-12(7-8-17)15(11)18-14-5-3-2-4-6-14/h9-10,14H,2-8,17H2,1H3. The lowest BCUT2D eigenvalue weighted by atomic mass is 9.97. The molecule has 0 spiro atoms. The summed E-state index contributed by atoms with van der Waals surface area (Å²) < 4.78 is 7.36. The number of halogens is 1. The van der Waals surface area contributed by atoms with Crippen LogP contribution in [0.2, 0.25) is 0 Å². The van der Waals surface area contributed by atoms with Gasteiger partial charge in [-0.3, -0.25) is 0 Å². The van der Waals surface area contributed by atoms with E-state index in [1.54, 1.807) is 0 Å². The van der Waals surface area contributed by atoms with Crippen LogP contribution in [0.3, 0.4) is 0 Å². The van der Waals surface area contributed by atoms with Crippen LogP contribution in [-0.4, -0.2) is 12.6 Å². The minimum absolute atomic E-state index is 0.398. The van der Waals surface area contributed by atoms with E-state index in [4.69, 9.17) is 10.5 Å². The van der Waals surface area contributed by atoms with Crippen molar-refractivity contribution in [2.24, 2.45) is 5.73 Å². The number of rotatable bonds is 4. The maximum absolute atomic E-state index is 6.25. The van der Waals surface area contributed by atoms with Crippen molar-refractivity contribution >= 4 is 15.9 Å². The number of ether oxygens (including phenoxy) is 1. The quantitative estimate of drug-likeness (QED) is 0.913. The van der Waals surface area contributed by atoms with Crippen molar-refractivity contribution in [2.75, 3.05) is 6.54 Å². The van der Waals surface area contributed by atoms with Gasteiger partial charge in [-0.15, -0.1) is 0 Å². The Balaban J connectivity index is 2.18. The van der Waals surface area contributed by atoms with Gasteiger partial charge in [0.05, 0.1) is 6.10 Å². The second kappa shape index (κ2) is 6.58. The van der Waals surface area contributed by atoms with Gasteiger partial charge in [0.15, 0.2) is 0 Å². The van der Waals surface area contributed by atoms with Crippen LogP contribution >= 0.6 is 15.9 Å². The Labute approximate surface area is 118 Å². The van der Waals surface area contributed by atoms with Crippen molar-refractivity contribution in [3.63, 3.8) is 0 Å². The molecule has 0 bridgehead atoms. The molecule has 0 radical (unpaired) electrons. The molecule has 0 heterocycles. The number of hydrogen-bond acceptors (Lipinski definition) is 2. The van der Waals surface area contributed by atoms with Gasteiger partial charge in [0, 0.05) is 4.47 Å². The average Bonchev–Trinajstić information content (AvgIpc) is 2.35. The van der Waals surface area contributed by atoms with Crippen LogP contribution in [0, 0.1) is 6.92 Å². The molecule has 1 fully saturated rings. The zero-order valence-corrected chi connectivity index (χ0v) is 12.6. The van der Waals surface area contributed by atoms with Gasteiger partial charge in [-0.1, -0.05) is 22.4 Å². The fourth-order valence-electron chi connectivity index (χ4n) is 2.66. The Hall–Kier alpha value is -0.540. The minimum atomic E-state index is 0.398. The van der Waals surface area contributed by atoms with Gasteiger partial charge in [-0.25, -0.2) is 0 Å². The molecule has 2 rings (SSSR count). The third-order valence-electron chi connectivity index (χ3n) is 3.57. The molecule has 3 heteroatoms. The maximum Gasteiger partial charge on any atom is 0.125 e. The first-order valence-corrected chi connectivity index (χ1v) is 7.65. The highest BCUT2D eigenvalue weighted by Crippen LogP contribution is 2.31. The Morgan fingerprint density at radius 3 is 2.67 bits per heavy atom. The van der Waals surface area contributed by atoms with Gasteiger partial charge in [0.25, 0.3) is 0 Å². The van der Waals surface area contributed by atoms with Gasteiger partial charge in [0.2, 0.25) is 0 Å². The second-order valence-electron chi connectivity index (χ2n) is 5.13. The lowest BCUT2D eigenvalue weighted by Gasteiger charge is -2.25. The molecule has 0 atom stereocenters. The summed E-state index contributed by atoms with van der Waals surface area (Å²) in [6.07, 6.45) is 7.61. The summed E-state index contributed by atoms with van der Waals surface area (Å²) in [6.45, 7) is 2.78. The molecule has 0 saturated heterocycles. The average molecular weight is 312 g/mol. The molecule has 0 unspecified atom stereocenters. The van der Waals surface area contributed by atoms with Crippen LogP contribution in [0.4, 0.5) is 0 Å². The highest BCUT2D eigenvalue weighted by molar-refractivity contribution is 9.10. The first-order chi connectivity index (χ1) is 8.70. The summed E-state index contributed by atoms with van der Waals surface area (Å²) in [5, 5.41) is 0. The fourth-order valence-corrected chi connectivity index (χ4v) is 3.28. The molecule has 1 aliphatic rings. The molecule has 0 aliphatic heterocycles. The van der Waals surface area contributed by atoms with Crippen molar-refractivity contribution in [3.8, 4) is 5.75 Å². The minimum Gasteiger partial charge on any atom is -0.490 e. The van der Waals surface area contributed by atoms with Gasteiger partial charge in [-0.05, 0) is 68.8 Å². The molecular formula is C15H22BrNO. The number of benzene rings is 1. The van der Waals surface area contributed by atoms with Crippen molar-refractivity contribution < 1.29 is 4.74 Å². The highest BCUT2D eigenvalue weighted by Gasteiger charge is 2.18. The number of aryl methyl sites for hydroxylation is 1. The van der Waals surface area contributed by atoms with E-state index in [0.717, 1.165) is 16.6 Å². The van der Waals surface area contributed by atoms with Crippen LogP contribution < -0.4 is 10.5 Å². The van der Waals surface area contributed by atoms with Gasteiger partial charge in [-0.2, -0.15) is 0 Å². The number of hydrogen-bond donors (Lipinski definition) is 1. The summed E-state index contributed by atoms with van der Waals surface area (Å²) in [5.41, 5.74) is 8.13. The number of nitrogens with two attached hydrogens (primary N) is 1.